The molecule has 0 radical (unpaired) electrons. The highest BCUT2D eigenvalue weighted by atomic mass is 32.2. The predicted molar refractivity (Wildman–Crippen MR) is 61.6 cm³/mol. The minimum atomic E-state index is 0.0869. The molecule has 1 saturated heterocycles. The maximum atomic E-state index is 11.6. The molecule has 0 atom stereocenters. The Morgan fingerprint density at radius 2 is 2.15 bits per heavy atom. The number of nitrogens with zero attached hydrogens (tertiary/aromatic N) is 1. The zero-order chi connectivity index (χ0) is 9.10. The van der Waals surface area contributed by atoms with Gasteiger partial charge in [0.1, 0.15) is 4.58 Å². The van der Waals surface area contributed by atoms with E-state index in [-0.39, 0.29) is 10.5 Å². The van der Waals surface area contributed by atoms with Gasteiger partial charge in [0.2, 0.25) is 5.91 Å². The van der Waals surface area contributed by atoms with Crippen molar-refractivity contribution in [3.05, 3.63) is 0 Å². The highest BCUT2D eigenvalue weighted by Gasteiger charge is 2.25. The monoisotopic (exact) mass is 234 g/mol. The van der Waals surface area contributed by atoms with E-state index in [2.05, 4.69) is 10.3 Å². The first-order chi connectivity index (χ1) is 6.36. The molecule has 1 fully saturated rings. The van der Waals surface area contributed by atoms with E-state index in [0.717, 1.165) is 29.0 Å². The molecule has 0 aromatic carbocycles. The number of aliphatic imine (C=N–C) groups is 1. The smallest absolute Gasteiger partial charge is 0.249 e. The number of amides is 1. The van der Waals surface area contributed by atoms with E-state index in [4.69, 9.17) is 0 Å². The van der Waals surface area contributed by atoms with Gasteiger partial charge in [0.15, 0.2) is 5.17 Å². The number of hydrogen-bond acceptors (Lipinski definition) is 5. The van der Waals surface area contributed by atoms with Gasteiger partial charge in [-0.3, -0.25) is 9.79 Å². The quantitative estimate of drug-likeness (QED) is 0.735. The highest BCUT2D eigenvalue weighted by molar-refractivity contribution is 8.21. The maximum absolute atomic E-state index is 11.6. The van der Waals surface area contributed by atoms with Gasteiger partial charge in [0.05, 0.1) is 6.54 Å². The largest absolute Gasteiger partial charge is 0.304 e. The van der Waals surface area contributed by atoms with Crippen molar-refractivity contribution in [2.75, 3.05) is 23.8 Å². The molecule has 3 nitrogen and oxygen atoms in total. The van der Waals surface area contributed by atoms with Crippen molar-refractivity contribution in [3.8, 4) is 0 Å². The van der Waals surface area contributed by atoms with Gasteiger partial charge in [-0.05, 0) is 0 Å². The molecule has 0 spiro atoms. The summed E-state index contributed by atoms with van der Waals surface area (Å²) in [5.41, 5.74) is 0. The topological polar surface area (TPSA) is 41.5 Å². The zero-order valence-electron chi connectivity index (χ0n) is 6.99. The van der Waals surface area contributed by atoms with E-state index in [9.17, 15) is 4.79 Å². The normalized spacial score (nSPS) is 23.2. The van der Waals surface area contributed by atoms with Gasteiger partial charge in [0.25, 0.3) is 0 Å². The lowest BCUT2D eigenvalue weighted by Gasteiger charge is -2.07. The average molecular weight is 234 g/mol. The summed E-state index contributed by atoms with van der Waals surface area (Å²) in [6, 6.07) is 0. The van der Waals surface area contributed by atoms with Gasteiger partial charge in [-0.15, -0.1) is 23.5 Å². The second-order valence-electron chi connectivity index (χ2n) is 2.60. The fourth-order valence-electron chi connectivity index (χ4n) is 1.08. The molecule has 0 bridgehead atoms. The number of carbonyl (C=O) groups is 1. The number of rotatable bonds is 1. The highest BCUT2D eigenvalue weighted by Crippen LogP contribution is 2.31. The molecule has 1 amide bonds. The summed E-state index contributed by atoms with van der Waals surface area (Å²) < 4.78 is 0.0869. The molecule has 0 aromatic rings. The van der Waals surface area contributed by atoms with Crippen LogP contribution in [0.1, 0.15) is 0 Å². The Kier molecular flexibility index (Phi) is 3.45. The van der Waals surface area contributed by atoms with Crippen LogP contribution >= 0.6 is 35.3 Å². The van der Waals surface area contributed by atoms with Crippen LogP contribution in [0, 0.1) is 0 Å². The Bertz CT molecular complexity index is 238. The Hall–Kier alpha value is 0.190. The lowest BCUT2D eigenvalue weighted by Crippen LogP contribution is -2.32. The van der Waals surface area contributed by atoms with E-state index in [1.807, 2.05) is 0 Å². The molecule has 0 unspecified atom stereocenters. The standard InChI is InChI=1S/C7H10N2OS3/c10-5(6-11-3-4-12-6)9-7-8-1-2-13-7/h6H,1-4H2,(H,8,9,10). The molecule has 1 N–H and O–H groups in total. The lowest BCUT2D eigenvalue weighted by atomic mass is 10.7. The molecule has 13 heavy (non-hydrogen) atoms. The van der Waals surface area contributed by atoms with Crippen molar-refractivity contribution >= 4 is 46.4 Å². The fourth-order valence-corrected chi connectivity index (χ4v) is 4.40. The van der Waals surface area contributed by atoms with E-state index >= 15 is 0 Å². The van der Waals surface area contributed by atoms with E-state index < -0.39 is 0 Å². The molecule has 2 heterocycles. The Labute approximate surface area is 89.9 Å². The fraction of sp³-hybridized carbons (Fsp3) is 0.714. The molecule has 6 heteroatoms. The summed E-state index contributed by atoms with van der Waals surface area (Å²) in [6.07, 6.45) is 0. The van der Waals surface area contributed by atoms with E-state index in [1.165, 1.54) is 0 Å². The minimum absolute atomic E-state index is 0.0869. The third-order valence-corrected chi connectivity index (χ3v) is 5.53. The molecule has 0 saturated carbocycles. The van der Waals surface area contributed by atoms with Crippen LogP contribution in [0.4, 0.5) is 0 Å². The number of carbonyl (C=O) groups excluding carboxylic acids is 1. The van der Waals surface area contributed by atoms with Crippen LogP contribution in [-0.4, -0.2) is 39.5 Å². The predicted octanol–water partition coefficient (Wildman–Crippen LogP) is 1.01. The first kappa shape index (κ1) is 9.73. The summed E-state index contributed by atoms with van der Waals surface area (Å²) in [6.45, 7) is 0.839. The van der Waals surface area contributed by atoms with Crippen LogP contribution < -0.4 is 5.32 Å². The molecule has 0 aliphatic carbocycles. The van der Waals surface area contributed by atoms with Gasteiger partial charge >= 0.3 is 0 Å². The molecule has 72 valence electrons. The van der Waals surface area contributed by atoms with Crippen LogP contribution in [0.2, 0.25) is 0 Å². The molecule has 0 aromatic heterocycles. The number of hydrogen-bond donors (Lipinski definition) is 1. The first-order valence-electron chi connectivity index (χ1n) is 4.07. The maximum Gasteiger partial charge on any atom is 0.249 e. The summed E-state index contributed by atoms with van der Waals surface area (Å²) in [7, 11) is 0. The van der Waals surface area contributed by atoms with Gasteiger partial charge in [-0.25, -0.2) is 0 Å². The SMILES string of the molecule is O=C(NC1=NCCS1)C1SCCS1. The van der Waals surface area contributed by atoms with Gasteiger partial charge in [-0.2, -0.15) is 0 Å². The Balaban J connectivity index is 1.83. The molecular weight excluding hydrogens is 224 g/mol. The summed E-state index contributed by atoms with van der Waals surface area (Å²) in [5.74, 6) is 3.28. The number of amidine groups is 1. The second kappa shape index (κ2) is 4.61. The van der Waals surface area contributed by atoms with Crippen LogP contribution in [0.5, 0.6) is 0 Å². The summed E-state index contributed by atoms with van der Waals surface area (Å²) in [4.78, 5) is 15.7. The number of thioether (sulfide) groups is 3. The third-order valence-electron chi connectivity index (χ3n) is 1.65. The zero-order valence-corrected chi connectivity index (χ0v) is 9.44. The lowest BCUT2D eigenvalue weighted by molar-refractivity contribution is -0.117. The van der Waals surface area contributed by atoms with Crippen LogP contribution in [0.3, 0.4) is 0 Å². The summed E-state index contributed by atoms with van der Waals surface area (Å²) >= 11 is 5.07. The molecular formula is C7H10N2OS3. The average Bonchev–Trinajstić information content (AvgIpc) is 2.74. The van der Waals surface area contributed by atoms with Crippen LogP contribution in [0.15, 0.2) is 4.99 Å². The van der Waals surface area contributed by atoms with Crippen molar-refractivity contribution in [3.63, 3.8) is 0 Å². The Morgan fingerprint density at radius 3 is 2.77 bits per heavy atom. The minimum Gasteiger partial charge on any atom is -0.304 e. The van der Waals surface area contributed by atoms with Gasteiger partial charge in [-0.1, -0.05) is 11.8 Å². The number of nitrogens with one attached hydrogen (secondary N) is 1. The van der Waals surface area contributed by atoms with Crippen molar-refractivity contribution in [1.29, 1.82) is 0 Å². The summed E-state index contributed by atoms with van der Waals surface area (Å²) in [5, 5.41) is 3.66. The van der Waals surface area contributed by atoms with Crippen LogP contribution in [0.25, 0.3) is 0 Å². The van der Waals surface area contributed by atoms with Gasteiger partial charge < -0.3 is 5.32 Å². The molecule has 2 aliphatic rings. The first-order valence-corrected chi connectivity index (χ1v) is 7.16. The van der Waals surface area contributed by atoms with Crippen molar-refractivity contribution in [1.82, 2.24) is 5.32 Å². The Morgan fingerprint density at radius 1 is 1.38 bits per heavy atom. The van der Waals surface area contributed by atoms with Crippen molar-refractivity contribution < 1.29 is 4.79 Å². The van der Waals surface area contributed by atoms with E-state index in [1.54, 1.807) is 35.3 Å². The third kappa shape index (κ3) is 2.57. The van der Waals surface area contributed by atoms with E-state index in [0.29, 0.717) is 0 Å². The van der Waals surface area contributed by atoms with Crippen molar-refractivity contribution in [2.24, 2.45) is 4.99 Å². The molecule has 2 aliphatic heterocycles. The van der Waals surface area contributed by atoms with Gasteiger partial charge in [0, 0.05) is 17.3 Å². The van der Waals surface area contributed by atoms with Crippen LogP contribution in [-0.2, 0) is 4.79 Å². The second-order valence-corrected chi connectivity index (χ2v) is 6.41. The van der Waals surface area contributed by atoms with Crippen molar-refractivity contribution in [2.45, 2.75) is 4.58 Å². The molecule has 2 rings (SSSR count).